The molecule has 0 spiro atoms. The molecule has 3 aromatic rings. The van der Waals surface area contributed by atoms with E-state index in [2.05, 4.69) is 4.98 Å². The molecule has 0 amide bonds. The summed E-state index contributed by atoms with van der Waals surface area (Å²) in [5.41, 5.74) is 1.29. The number of fused-ring (bicyclic) bond motifs is 1. The number of aromatic nitrogens is 1. The van der Waals surface area contributed by atoms with Crippen LogP contribution in [-0.2, 0) is 6.42 Å². The van der Waals surface area contributed by atoms with E-state index in [9.17, 15) is 9.18 Å². The minimum absolute atomic E-state index is 0.112. The van der Waals surface area contributed by atoms with Crippen LogP contribution in [0.4, 0.5) is 4.39 Å². The summed E-state index contributed by atoms with van der Waals surface area (Å²) in [6.07, 6.45) is 0.211. The van der Waals surface area contributed by atoms with Crippen molar-refractivity contribution in [1.29, 1.82) is 0 Å². The average Bonchev–Trinajstić information content (AvgIpc) is 2.80. The van der Waals surface area contributed by atoms with Crippen molar-refractivity contribution in [1.82, 2.24) is 4.98 Å². The summed E-state index contributed by atoms with van der Waals surface area (Å²) in [7, 11) is 0. The van der Waals surface area contributed by atoms with Gasteiger partial charge in [-0.25, -0.2) is 9.37 Å². The summed E-state index contributed by atoms with van der Waals surface area (Å²) >= 11 is 1.50. The predicted octanol–water partition coefficient (Wildman–Crippen LogP) is 3.86. The zero-order valence-electron chi connectivity index (χ0n) is 9.97. The van der Waals surface area contributed by atoms with Gasteiger partial charge in [0.25, 0.3) is 0 Å². The largest absolute Gasteiger partial charge is 0.294 e. The van der Waals surface area contributed by atoms with E-state index in [1.165, 1.54) is 23.5 Å². The Morgan fingerprint density at radius 1 is 1.16 bits per heavy atom. The van der Waals surface area contributed by atoms with E-state index in [-0.39, 0.29) is 12.2 Å². The molecule has 2 nitrogen and oxygen atoms in total. The first-order valence-electron chi connectivity index (χ1n) is 5.85. The number of benzene rings is 2. The summed E-state index contributed by atoms with van der Waals surface area (Å²) in [6, 6.07) is 13.5. The molecule has 19 heavy (non-hydrogen) atoms. The molecule has 0 fully saturated rings. The highest BCUT2D eigenvalue weighted by molar-refractivity contribution is 7.18. The lowest BCUT2D eigenvalue weighted by molar-refractivity contribution is 0.0992. The van der Waals surface area contributed by atoms with Gasteiger partial charge in [0, 0.05) is 5.56 Å². The molecule has 0 atom stereocenters. The Hall–Kier alpha value is -2.07. The van der Waals surface area contributed by atoms with E-state index in [1.54, 1.807) is 12.1 Å². The van der Waals surface area contributed by atoms with Crippen molar-refractivity contribution in [3.8, 4) is 0 Å². The summed E-state index contributed by atoms with van der Waals surface area (Å²) in [6.45, 7) is 0. The zero-order chi connectivity index (χ0) is 13.2. The summed E-state index contributed by atoms with van der Waals surface area (Å²) in [5, 5.41) is 0.760. The van der Waals surface area contributed by atoms with Crippen LogP contribution in [0, 0.1) is 5.82 Å². The van der Waals surface area contributed by atoms with Crippen molar-refractivity contribution in [3.63, 3.8) is 0 Å². The van der Waals surface area contributed by atoms with Crippen molar-refractivity contribution >= 4 is 27.3 Å². The first-order valence-corrected chi connectivity index (χ1v) is 6.67. The molecule has 0 aliphatic carbocycles. The van der Waals surface area contributed by atoms with Crippen LogP contribution in [0.3, 0.4) is 0 Å². The van der Waals surface area contributed by atoms with Crippen LogP contribution in [0.2, 0.25) is 0 Å². The molecule has 2 aromatic carbocycles. The number of halogens is 1. The van der Waals surface area contributed by atoms with E-state index < -0.39 is 5.82 Å². The Kier molecular flexibility index (Phi) is 3.09. The van der Waals surface area contributed by atoms with E-state index in [4.69, 9.17) is 0 Å². The fourth-order valence-corrected chi connectivity index (χ4v) is 2.86. The molecule has 1 aromatic heterocycles. The second-order valence-corrected chi connectivity index (χ2v) is 5.30. The lowest BCUT2D eigenvalue weighted by Gasteiger charge is -1.98. The molecule has 0 aliphatic heterocycles. The molecule has 0 N–H and O–H groups in total. The topological polar surface area (TPSA) is 30.0 Å². The molecular weight excluding hydrogens is 261 g/mol. The number of thiazole rings is 1. The maximum atomic E-state index is 13.1. The SMILES string of the molecule is O=C(Cc1nc2ccccc2s1)c1cccc(F)c1. The number of hydrogen-bond acceptors (Lipinski definition) is 3. The molecule has 4 heteroatoms. The van der Waals surface area contributed by atoms with Crippen molar-refractivity contribution < 1.29 is 9.18 Å². The van der Waals surface area contributed by atoms with E-state index >= 15 is 0 Å². The molecule has 0 unspecified atom stereocenters. The highest BCUT2D eigenvalue weighted by Gasteiger charge is 2.11. The monoisotopic (exact) mass is 271 g/mol. The first-order chi connectivity index (χ1) is 9.22. The number of ketones is 1. The third-order valence-corrected chi connectivity index (χ3v) is 3.83. The molecule has 3 rings (SSSR count). The fraction of sp³-hybridized carbons (Fsp3) is 0.0667. The number of Topliss-reactive ketones (excluding diaryl/α,β-unsaturated/α-hetero) is 1. The third kappa shape index (κ3) is 2.53. The number of rotatable bonds is 3. The van der Waals surface area contributed by atoms with Crippen LogP contribution in [-0.4, -0.2) is 10.8 Å². The van der Waals surface area contributed by atoms with Crippen molar-refractivity contribution in [2.75, 3.05) is 0 Å². The van der Waals surface area contributed by atoms with Crippen LogP contribution < -0.4 is 0 Å². The van der Waals surface area contributed by atoms with Crippen LogP contribution >= 0.6 is 11.3 Å². The third-order valence-electron chi connectivity index (χ3n) is 2.80. The maximum Gasteiger partial charge on any atom is 0.169 e. The van der Waals surface area contributed by atoms with E-state index in [1.807, 2.05) is 24.3 Å². The summed E-state index contributed by atoms with van der Waals surface area (Å²) in [4.78, 5) is 16.4. The number of carbonyl (C=O) groups excluding carboxylic acids is 1. The van der Waals surface area contributed by atoms with Crippen LogP contribution in [0.15, 0.2) is 48.5 Å². The van der Waals surface area contributed by atoms with E-state index in [0.717, 1.165) is 15.2 Å². The Balaban J connectivity index is 1.86. The Morgan fingerprint density at radius 3 is 2.79 bits per heavy atom. The molecule has 0 saturated carbocycles. The van der Waals surface area contributed by atoms with Crippen molar-refractivity contribution in [2.45, 2.75) is 6.42 Å². The number of nitrogens with zero attached hydrogens (tertiary/aromatic N) is 1. The lowest BCUT2D eigenvalue weighted by Crippen LogP contribution is -2.03. The quantitative estimate of drug-likeness (QED) is 0.677. The van der Waals surface area contributed by atoms with Crippen LogP contribution in [0.5, 0.6) is 0 Å². The molecule has 0 bridgehead atoms. The second kappa shape index (κ2) is 4.90. The van der Waals surface area contributed by atoms with Gasteiger partial charge in [0.15, 0.2) is 5.78 Å². The van der Waals surface area contributed by atoms with Gasteiger partial charge in [0.1, 0.15) is 10.8 Å². The lowest BCUT2D eigenvalue weighted by atomic mass is 10.1. The summed E-state index contributed by atoms with van der Waals surface area (Å²) < 4.78 is 14.1. The van der Waals surface area contributed by atoms with Gasteiger partial charge in [-0.15, -0.1) is 11.3 Å². The van der Waals surface area contributed by atoms with Gasteiger partial charge < -0.3 is 0 Å². The van der Waals surface area contributed by atoms with E-state index in [0.29, 0.717) is 5.56 Å². The first kappa shape index (κ1) is 12.0. The minimum Gasteiger partial charge on any atom is -0.294 e. The second-order valence-electron chi connectivity index (χ2n) is 4.19. The van der Waals surface area contributed by atoms with Gasteiger partial charge in [0.05, 0.1) is 16.6 Å². The predicted molar refractivity (Wildman–Crippen MR) is 74.1 cm³/mol. The number of para-hydroxylation sites is 1. The van der Waals surface area contributed by atoms with Crippen molar-refractivity contribution in [3.05, 3.63) is 64.9 Å². The zero-order valence-corrected chi connectivity index (χ0v) is 10.8. The molecule has 94 valence electrons. The van der Waals surface area contributed by atoms with Gasteiger partial charge in [0.2, 0.25) is 0 Å². The molecule has 1 heterocycles. The highest BCUT2D eigenvalue weighted by Crippen LogP contribution is 2.22. The molecule has 0 radical (unpaired) electrons. The van der Waals surface area contributed by atoms with Gasteiger partial charge in [-0.1, -0.05) is 24.3 Å². The maximum absolute atomic E-state index is 13.1. The minimum atomic E-state index is -0.393. The highest BCUT2D eigenvalue weighted by atomic mass is 32.1. The Labute approximate surface area is 113 Å². The standard InChI is InChI=1S/C15H10FNOS/c16-11-5-3-4-10(8-11)13(18)9-15-17-12-6-1-2-7-14(12)19-15/h1-8H,9H2. The summed E-state index contributed by atoms with van der Waals surface area (Å²) in [5.74, 6) is -0.506. The Bertz CT molecular complexity index is 717. The van der Waals surface area contributed by atoms with Gasteiger partial charge in [-0.2, -0.15) is 0 Å². The van der Waals surface area contributed by atoms with Gasteiger partial charge in [-0.3, -0.25) is 4.79 Å². The van der Waals surface area contributed by atoms with Crippen LogP contribution in [0.1, 0.15) is 15.4 Å². The Morgan fingerprint density at radius 2 is 2.00 bits per heavy atom. The smallest absolute Gasteiger partial charge is 0.169 e. The molecule has 0 saturated heterocycles. The average molecular weight is 271 g/mol. The van der Waals surface area contributed by atoms with Gasteiger partial charge in [-0.05, 0) is 24.3 Å². The van der Waals surface area contributed by atoms with Crippen molar-refractivity contribution in [2.24, 2.45) is 0 Å². The molecule has 0 aliphatic rings. The van der Waals surface area contributed by atoms with Gasteiger partial charge >= 0.3 is 0 Å². The fourth-order valence-electron chi connectivity index (χ4n) is 1.90. The normalized spacial score (nSPS) is 10.8. The van der Waals surface area contributed by atoms with Crippen LogP contribution in [0.25, 0.3) is 10.2 Å². The number of carbonyl (C=O) groups is 1. The number of hydrogen-bond donors (Lipinski definition) is 0. The molecular formula is C15H10FNOS.